The molecule has 0 nitrogen and oxygen atoms in total. The van der Waals surface area contributed by atoms with Gasteiger partial charge in [-0.25, -0.2) is 0 Å². The van der Waals surface area contributed by atoms with E-state index >= 15 is 0 Å². The highest BCUT2D eigenvalue weighted by atomic mass is 14.1. The molecule has 0 aliphatic rings. The molecule has 0 heteroatoms. The van der Waals surface area contributed by atoms with Gasteiger partial charge in [-0.2, -0.15) is 0 Å². The van der Waals surface area contributed by atoms with E-state index in [-0.39, 0.29) is 0 Å². The SMILES string of the molecule is CCCCCC/C=C/CC(CC)CCCCC. The molecule has 0 spiro atoms. The third-order valence-electron chi connectivity index (χ3n) is 3.65. The van der Waals surface area contributed by atoms with E-state index in [1.165, 1.54) is 70.6 Å². The molecule has 0 radical (unpaired) electrons. The summed E-state index contributed by atoms with van der Waals surface area (Å²) in [6.07, 6.45) is 20.0. The first-order chi connectivity index (χ1) is 8.35. The van der Waals surface area contributed by atoms with Crippen LogP contribution in [0.1, 0.15) is 91.4 Å². The van der Waals surface area contributed by atoms with Gasteiger partial charge in [0.1, 0.15) is 0 Å². The Balaban J connectivity index is 3.43. The maximum atomic E-state index is 2.44. The average Bonchev–Trinajstić information content (AvgIpc) is 2.35. The van der Waals surface area contributed by atoms with Crippen LogP contribution < -0.4 is 0 Å². The van der Waals surface area contributed by atoms with Gasteiger partial charge in [-0.1, -0.05) is 84.3 Å². The van der Waals surface area contributed by atoms with Crippen molar-refractivity contribution in [2.75, 3.05) is 0 Å². The monoisotopic (exact) mass is 238 g/mol. The standard InChI is InChI=1S/C17H34/c1-4-7-9-10-11-12-14-16-17(6-3)15-13-8-5-2/h12,14,17H,4-11,13,15-16H2,1-3H3/b14-12+. The number of hydrogen-bond donors (Lipinski definition) is 0. The molecule has 0 aromatic heterocycles. The largest absolute Gasteiger partial charge is 0.0885 e. The lowest BCUT2D eigenvalue weighted by Crippen LogP contribution is -1.96. The normalized spacial score (nSPS) is 13.4. The van der Waals surface area contributed by atoms with Gasteiger partial charge < -0.3 is 0 Å². The molecule has 0 fully saturated rings. The van der Waals surface area contributed by atoms with Crippen molar-refractivity contribution in [1.82, 2.24) is 0 Å². The highest BCUT2D eigenvalue weighted by Crippen LogP contribution is 2.18. The van der Waals surface area contributed by atoms with Gasteiger partial charge in [-0.15, -0.1) is 0 Å². The Labute approximate surface area is 110 Å². The lowest BCUT2D eigenvalue weighted by atomic mass is 9.95. The smallest absolute Gasteiger partial charge is 0.0322 e. The van der Waals surface area contributed by atoms with E-state index in [1.807, 2.05) is 0 Å². The molecule has 17 heavy (non-hydrogen) atoms. The quantitative estimate of drug-likeness (QED) is 0.268. The molecule has 0 rings (SSSR count). The van der Waals surface area contributed by atoms with Crippen molar-refractivity contribution in [3.05, 3.63) is 12.2 Å². The van der Waals surface area contributed by atoms with Gasteiger partial charge in [0.2, 0.25) is 0 Å². The van der Waals surface area contributed by atoms with Crippen LogP contribution in [0, 0.1) is 5.92 Å². The van der Waals surface area contributed by atoms with Gasteiger partial charge in [0, 0.05) is 0 Å². The molecule has 102 valence electrons. The zero-order chi connectivity index (χ0) is 12.8. The highest BCUT2D eigenvalue weighted by molar-refractivity contribution is 4.83. The predicted octanol–water partition coefficient (Wildman–Crippen LogP) is 6.51. The van der Waals surface area contributed by atoms with E-state index in [4.69, 9.17) is 0 Å². The molecular formula is C17H34. The minimum atomic E-state index is 0.938. The Morgan fingerprint density at radius 2 is 1.47 bits per heavy atom. The Morgan fingerprint density at radius 1 is 0.765 bits per heavy atom. The minimum Gasteiger partial charge on any atom is -0.0885 e. The molecule has 0 saturated heterocycles. The second-order valence-electron chi connectivity index (χ2n) is 5.33. The third-order valence-corrected chi connectivity index (χ3v) is 3.65. The molecular weight excluding hydrogens is 204 g/mol. The van der Waals surface area contributed by atoms with Crippen molar-refractivity contribution >= 4 is 0 Å². The van der Waals surface area contributed by atoms with Crippen LogP contribution in [0.4, 0.5) is 0 Å². The Bertz CT molecular complexity index is 157. The third kappa shape index (κ3) is 12.0. The van der Waals surface area contributed by atoms with Gasteiger partial charge in [0.15, 0.2) is 0 Å². The first kappa shape index (κ1) is 16.7. The lowest BCUT2D eigenvalue weighted by Gasteiger charge is -2.11. The number of unbranched alkanes of at least 4 members (excludes halogenated alkanes) is 6. The van der Waals surface area contributed by atoms with Gasteiger partial charge in [-0.05, 0) is 25.2 Å². The van der Waals surface area contributed by atoms with Crippen molar-refractivity contribution in [3.8, 4) is 0 Å². The summed E-state index contributed by atoms with van der Waals surface area (Å²) in [6, 6.07) is 0. The first-order valence-electron chi connectivity index (χ1n) is 8.00. The molecule has 0 aliphatic carbocycles. The van der Waals surface area contributed by atoms with Crippen molar-refractivity contribution in [2.45, 2.75) is 91.4 Å². The van der Waals surface area contributed by atoms with Crippen LogP contribution in [0.3, 0.4) is 0 Å². The van der Waals surface area contributed by atoms with E-state index in [0.29, 0.717) is 0 Å². The molecule has 0 amide bonds. The van der Waals surface area contributed by atoms with Crippen LogP contribution in [0.25, 0.3) is 0 Å². The summed E-state index contributed by atoms with van der Waals surface area (Å²) in [4.78, 5) is 0. The fourth-order valence-corrected chi connectivity index (χ4v) is 2.27. The Hall–Kier alpha value is -0.260. The summed E-state index contributed by atoms with van der Waals surface area (Å²) in [5, 5.41) is 0. The zero-order valence-corrected chi connectivity index (χ0v) is 12.5. The van der Waals surface area contributed by atoms with E-state index in [2.05, 4.69) is 32.9 Å². The molecule has 0 saturated carbocycles. The van der Waals surface area contributed by atoms with Crippen LogP contribution in [-0.4, -0.2) is 0 Å². The molecule has 0 aliphatic heterocycles. The Kier molecular flexibility index (Phi) is 13.6. The summed E-state index contributed by atoms with van der Waals surface area (Å²) in [6.45, 7) is 6.90. The molecule has 1 unspecified atom stereocenters. The highest BCUT2D eigenvalue weighted by Gasteiger charge is 2.02. The minimum absolute atomic E-state index is 0.938. The van der Waals surface area contributed by atoms with Crippen molar-refractivity contribution in [2.24, 2.45) is 5.92 Å². The predicted molar refractivity (Wildman–Crippen MR) is 80.4 cm³/mol. The molecule has 0 N–H and O–H groups in total. The fourth-order valence-electron chi connectivity index (χ4n) is 2.27. The molecule has 1 atom stereocenters. The molecule has 0 heterocycles. The fraction of sp³-hybridized carbons (Fsp3) is 0.882. The van der Waals surface area contributed by atoms with Gasteiger partial charge in [0.25, 0.3) is 0 Å². The van der Waals surface area contributed by atoms with Crippen LogP contribution in [0.15, 0.2) is 12.2 Å². The zero-order valence-electron chi connectivity index (χ0n) is 12.5. The maximum Gasteiger partial charge on any atom is -0.0322 e. The van der Waals surface area contributed by atoms with Crippen LogP contribution in [0.5, 0.6) is 0 Å². The average molecular weight is 238 g/mol. The first-order valence-corrected chi connectivity index (χ1v) is 8.00. The summed E-state index contributed by atoms with van der Waals surface area (Å²) >= 11 is 0. The van der Waals surface area contributed by atoms with Gasteiger partial charge in [0.05, 0.1) is 0 Å². The topological polar surface area (TPSA) is 0 Å². The molecule has 0 aromatic carbocycles. The second kappa shape index (κ2) is 13.8. The van der Waals surface area contributed by atoms with E-state index in [9.17, 15) is 0 Å². The summed E-state index contributed by atoms with van der Waals surface area (Å²) in [5.74, 6) is 0.938. The summed E-state index contributed by atoms with van der Waals surface area (Å²) in [7, 11) is 0. The number of hydrogen-bond acceptors (Lipinski definition) is 0. The van der Waals surface area contributed by atoms with E-state index in [1.54, 1.807) is 0 Å². The Morgan fingerprint density at radius 3 is 2.12 bits per heavy atom. The number of allylic oxidation sites excluding steroid dienone is 2. The lowest BCUT2D eigenvalue weighted by molar-refractivity contribution is 0.449. The molecule has 0 bridgehead atoms. The van der Waals surface area contributed by atoms with E-state index < -0.39 is 0 Å². The maximum absolute atomic E-state index is 2.44. The van der Waals surface area contributed by atoms with E-state index in [0.717, 1.165) is 5.92 Å². The van der Waals surface area contributed by atoms with Crippen LogP contribution in [0.2, 0.25) is 0 Å². The van der Waals surface area contributed by atoms with Crippen molar-refractivity contribution < 1.29 is 0 Å². The van der Waals surface area contributed by atoms with Gasteiger partial charge >= 0.3 is 0 Å². The number of rotatable bonds is 12. The van der Waals surface area contributed by atoms with Crippen molar-refractivity contribution in [3.63, 3.8) is 0 Å². The molecule has 0 aromatic rings. The summed E-state index contributed by atoms with van der Waals surface area (Å²) < 4.78 is 0. The van der Waals surface area contributed by atoms with Crippen molar-refractivity contribution in [1.29, 1.82) is 0 Å². The van der Waals surface area contributed by atoms with Crippen LogP contribution in [-0.2, 0) is 0 Å². The summed E-state index contributed by atoms with van der Waals surface area (Å²) in [5.41, 5.74) is 0. The van der Waals surface area contributed by atoms with Crippen LogP contribution >= 0.6 is 0 Å². The van der Waals surface area contributed by atoms with Gasteiger partial charge in [-0.3, -0.25) is 0 Å². The second-order valence-corrected chi connectivity index (χ2v) is 5.33.